The Labute approximate surface area is 188 Å². The van der Waals surface area contributed by atoms with Crippen LogP contribution in [0.1, 0.15) is 30.9 Å². The highest BCUT2D eigenvalue weighted by Crippen LogP contribution is 2.32. The first-order valence-electron chi connectivity index (χ1n) is 11.1. The summed E-state index contributed by atoms with van der Waals surface area (Å²) in [7, 11) is 0. The number of hydrogen-bond acceptors (Lipinski definition) is 5. The maximum absolute atomic E-state index is 11.7. The second-order valence-corrected chi connectivity index (χ2v) is 7.83. The van der Waals surface area contributed by atoms with Gasteiger partial charge >= 0.3 is 0 Å². The van der Waals surface area contributed by atoms with Crippen LogP contribution in [-0.4, -0.2) is 44.4 Å². The minimum Gasteiger partial charge on any atom is -0.484 e. The Morgan fingerprint density at radius 3 is 2.62 bits per heavy atom. The number of aliphatic imine (C=N–C) groups is 1. The van der Waals surface area contributed by atoms with Crippen LogP contribution >= 0.6 is 0 Å². The molecule has 0 aromatic heterocycles. The van der Waals surface area contributed by atoms with Gasteiger partial charge in [0, 0.05) is 19.1 Å². The minimum atomic E-state index is -0.0586. The van der Waals surface area contributed by atoms with E-state index in [0.29, 0.717) is 18.3 Å². The fourth-order valence-electron chi connectivity index (χ4n) is 3.27. The van der Waals surface area contributed by atoms with Crippen LogP contribution < -0.4 is 30.2 Å². The Kier molecular flexibility index (Phi) is 7.32. The van der Waals surface area contributed by atoms with Gasteiger partial charge in [-0.05, 0) is 61.6 Å². The van der Waals surface area contributed by atoms with Crippen molar-refractivity contribution in [2.75, 3.05) is 26.5 Å². The molecular weight excluding hydrogens is 408 g/mol. The molecule has 0 bridgehead atoms. The van der Waals surface area contributed by atoms with E-state index >= 15 is 0 Å². The standard InChI is InChI=1S/C24H30N4O4/c1-2-25-24(27-14-18-5-10-21-22(13-18)32-16-31-21)26-12-11-17-3-8-20(9-4-17)30-15-23(29)28-19-6-7-19/h3-5,8-10,13,19H,2,6-7,11-12,14-16H2,1H3,(H,28,29)(H2,25,26,27). The number of benzene rings is 2. The highest BCUT2D eigenvalue weighted by Gasteiger charge is 2.23. The minimum absolute atomic E-state index is 0.0586. The highest BCUT2D eigenvalue weighted by molar-refractivity contribution is 5.79. The van der Waals surface area contributed by atoms with Crippen molar-refractivity contribution in [2.24, 2.45) is 4.99 Å². The van der Waals surface area contributed by atoms with Gasteiger partial charge in [0.2, 0.25) is 6.79 Å². The smallest absolute Gasteiger partial charge is 0.258 e. The van der Waals surface area contributed by atoms with Crippen LogP contribution in [0.3, 0.4) is 0 Å². The van der Waals surface area contributed by atoms with Gasteiger partial charge < -0.3 is 30.2 Å². The SMILES string of the molecule is CCNC(=NCc1ccc2c(c1)OCO2)NCCc1ccc(OCC(=O)NC2CC2)cc1. The molecule has 8 nitrogen and oxygen atoms in total. The van der Waals surface area contributed by atoms with Crippen LogP contribution in [0, 0.1) is 0 Å². The second-order valence-electron chi connectivity index (χ2n) is 7.83. The molecule has 0 unspecified atom stereocenters. The molecule has 1 heterocycles. The van der Waals surface area contributed by atoms with Crippen LogP contribution in [0.5, 0.6) is 17.2 Å². The van der Waals surface area contributed by atoms with Gasteiger partial charge in [0.05, 0.1) is 6.54 Å². The summed E-state index contributed by atoms with van der Waals surface area (Å²) in [6.45, 7) is 4.45. The lowest BCUT2D eigenvalue weighted by atomic mass is 10.1. The Bertz CT molecular complexity index is 942. The number of nitrogens with one attached hydrogen (secondary N) is 3. The molecule has 1 amide bonds. The molecule has 8 heteroatoms. The van der Waals surface area contributed by atoms with Crippen LogP contribution in [0.4, 0.5) is 0 Å². The quantitative estimate of drug-likeness (QED) is 0.390. The first-order valence-corrected chi connectivity index (χ1v) is 11.1. The molecule has 0 saturated heterocycles. The molecule has 32 heavy (non-hydrogen) atoms. The molecule has 170 valence electrons. The number of carbonyl (C=O) groups excluding carboxylic acids is 1. The summed E-state index contributed by atoms with van der Waals surface area (Å²) in [5, 5.41) is 9.55. The van der Waals surface area contributed by atoms with E-state index in [4.69, 9.17) is 14.2 Å². The van der Waals surface area contributed by atoms with E-state index in [9.17, 15) is 4.79 Å². The summed E-state index contributed by atoms with van der Waals surface area (Å²) in [4.78, 5) is 16.4. The predicted octanol–water partition coefficient (Wildman–Crippen LogP) is 2.37. The van der Waals surface area contributed by atoms with Crippen molar-refractivity contribution >= 4 is 11.9 Å². The third kappa shape index (κ3) is 6.54. The lowest BCUT2D eigenvalue weighted by Crippen LogP contribution is -2.38. The second kappa shape index (κ2) is 10.7. The fourth-order valence-corrected chi connectivity index (χ4v) is 3.27. The van der Waals surface area contributed by atoms with E-state index < -0.39 is 0 Å². The van der Waals surface area contributed by atoms with E-state index in [1.54, 1.807) is 0 Å². The van der Waals surface area contributed by atoms with Crippen LogP contribution in [0.25, 0.3) is 0 Å². The van der Waals surface area contributed by atoms with Gasteiger partial charge in [-0.3, -0.25) is 4.79 Å². The van der Waals surface area contributed by atoms with Gasteiger partial charge in [-0.1, -0.05) is 18.2 Å². The van der Waals surface area contributed by atoms with E-state index in [2.05, 4.69) is 20.9 Å². The molecule has 3 N–H and O–H groups in total. The average molecular weight is 439 g/mol. The monoisotopic (exact) mass is 438 g/mol. The number of hydrogen-bond donors (Lipinski definition) is 3. The van der Waals surface area contributed by atoms with Crippen LogP contribution in [0.2, 0.25) is 0 Å². The van der Waals surface area contributed by atoms with Crippen molar-refractivity contribution in [3.05, 3.63) is 53.6 Å². The molecule has 0 radical (unpaired) electrons. The molecule has 1 saturated carbocycles. The highest BCUT2D eigenvalue weighted by atomic mass is 16.7. The topological polar surface area (TPSA) is 93.2 Å². The Morgan fingerprint density at radius 1 is 1.06 bits per heavy atom. The molecule has 4 rings (SSSR count). The number of amides is 1. The zero-order valence-corrected chi connectivity index (χ0v) is 18.4. The zero-order valence-electron chi connectivity index (χ0n) is 18.4. The number of ether oxygens (including phenoxy) is 3. The Morgan fingerprint density at radius 2 is 1.84 bits per heavy atom. The van der Waals surface area contributed by atoms with Gasteiger partial charge in [0.25, 0.3) is 5.91 Å². The number of nitrogens with zero attached hydrogens (tertiary/aromatic N) is 1. The van der Waals surface area contributed by atoms with Crippen molar-refractivity contribution in [3.63, 3.8) is 0 Å². The molecule has 0 spiro atoms. The molecule has 1 aliphatic heterocycles. The molecule has 2 aliphatic rings. The van der Waals surface area contributed by atoms with Crippen LogP contribution in [-0.2, 0) is 17.8 Å². The molecule has 2 aromatic carbocycles. The van der Waals surface area contributed by atoms with Gasteiger partial charge in [-0.15, -0.1) is 0 Å². The largest absolute Gasteiger partial charge is 0.484 e. The average Bonchev–Trinajstić information content (AvgIpc) is 3.49. The Hall–Kier alpha value is -3.42. The van der Waals surface area contributed by atoms with E-state index in [1.807, 2.05) is 49.4 Å². The molecule has 0 atom stereocenters. The molecular formula is C24H30N4O4. The van der Waals surface area contributed by atoms with Gasteiger partial charge in [0.15, 0.2) is 24.1 Å². The predicted molar refractivity (Wildman–Crippen MR) is 122 cm³/mol. The summed E-state index contributed by atoms with van der Waals surface area (Å²) in [6.07, 6.45) is 3.00. The number of guanidine groups is 1. The normalized spacial score (nSPS) is 14.7. The van der Waals surface area contributed by atoms with Gasteiger partial charge in [0.1, 0.15) is 5.75 Å². The van der Waals surface area contributed by atoms with Crippen LogP contribution in [0.15, 0.2) is 47.5 Å². The summed E-state index contributed by atoms with van der Waals surface area (Å²) in [5.74, 6) is 2.96. The van der Waals surface area contributed by atoms with Crippen molar-refractivity contribution < 1.29 is 19.0 Å². The lowest BCUT2D eigenvalue weighted by molar-refractivity contribution is -0.123. The van der Waals surface area contributed by atoms with E-state index in [1.165, 1.54) is 5.56 Å². The number of fused-ring (bicyclic) bond motifs is 1. The third-order valence-electron chi connectivity index (χ3n) is 5.14. The number of carbonyl (C=O) groups is 1. The van der Waals surface area contributed by atoms with Gasteiger partial charge in [-0.25, -0.2) is 4.99 Å². The summed E-state index contributed by atoms with van der Waals surface area (Å²) in [5.41, 5.74) is 2.24. The van der Waals surface area contributed by atoms with E-state index in [0.717, 1.165) is 55.4 Å². The maximum atomic E-state index is 11.7. The first kappa shape index (κ1) is 21.8. The first-order chi connectivity index (χ1) is 15.7. The molecule has 1 fully saturated rings. The summed E-state index contributed by atoms with van der Waals surface area (Å²) in [6, 6.07) is 14.1. The number of rotatable bonds is 10. The van der Waals surface area contributed by atoms with Crippen molar-refractivity contribution in [1.29, 1.82) is 0 Å². The van der Waals surface area contributed by atoms with Crippen molar-refractivity contribution in [3.8, 4) is 17.2 Å². The van der Waals surface area contributed by atoms with Gasteiger partial charge in [-0.2, -0.15) is 0 Å². The zero-order chi connectivity index (χ0) is 22.2. The summed E-state index contributed by atoms with van der Waals surface area (Å²) >= 11 is 0. The Balaban J connectivity index is 1.21. The molecule has 2 aromatic rings. The third-order valence-corrected chi connectivity index (χ3v) is 5.14. The fraction of sp³-hybridized carbons (Fsp3) is 0.417. The maximum Gasteiger partial charge on any atom is 0.258 e. The lowest BCUT2D eigenvalue weighted by Gasteiger charge is -2.12. The molecule has 1 aliphatic carbocycles. The summed E-state index contributed by atoms with van der Waals surface area (Å²) < 4.78 is 16.3. The van der Waals surface area contributed by atoms with Crippen molar-refractivity contribution in [2.45, 2.75) is 38.8 Å². The van der Waals surface area contributed by atoms with E-state index in [-0.39, 0.29) is 19.3 Å². The van der Waals surface area contributed by atoms with Crippen molar-refractivity contribution in [1.82, 2.24) is 16.0 Å².